The van der Waals surface area contributed by atoms with E-state index in [0.717, 1.165) is 17.0 Å². The number of nitrogens with one attached hydrogen (secondary N) is 2. The van der Waals surface area contributed by atoms with Gasteiger partial charge in [0.2, 0.25) is 0 Å². The van der Waals surface area contributed by atoms with Gasteiger partial charge in [-0.1, -0.05) is 30.3 Å². The van der Waals surface area contributed by atoms with Gasteiger partial charge in [0, 0.05) is 25.0 Å². The Morgan fingerprint density at radius 3 is 2.42 bits per heavy atom. The van der Waals surface area contributed by atoms with Crippen molar-refractivity contribution in [3.05, 3.63) is 58.9 Å². The van der Waals surface area contributed by atoms with E-state index in [1.54, 1.807) is 6.07 Å². The Morgan fingerprint density at radius 1 is 1.15 bits per heavy atom. The fourth-order valence-corrected chi connectivity index (χ4v) is 2.57. The molecule has 1 aromatic heterocycles. The van der Waals surface area contributed by atoms with Crippen LogP contribution in [-0.4, -0.2) is 35.6 Å². The molecule has 0 saturated heterocycles. The molecule has 138 valence electrons. The maximum atomic E-state index is 12.4. The van der Waals surface area contributed by atoms with Crippen molar-refractivity contribution in [1.82, 2.24) is 15.2 Å². The van der Waals surface area contributed by atoms with Crippen molar-refractivity contribution in [2.75, 3.05) is 7.05 Å². The van der Waals surface area contributed by atoms with E-state index in [9.17, 15) is 14.4 Å². The summed E-state index contributed by atoms with van der Waals surface area (Å²) in [4.78, 5) is 35.4. The number of aryl methyl sites for hydroxylation is 1. The molecule has 0 aliphatic carbocycles. The van der Waals surface area contributed by atoms with Gasteiger partial charge in [-0.3, -0.25) is 10.1 Å². The molecular formula is C19H23N3O4. The number of esters is 1. The molecule has 7 heteroatoms. The number of imide groups is 1. The van der Waals surface area contributed by atoms with Crippen molar-refractivity contribution in [3.63, 3.8) is 0 Å². The lowest BCUT2D eigenvalue weighted by atomic mass is 10.2. The lowest BCUT2D eigenvalue weighted by Crippen LogP contribution is -2.43. The third-order valence-corrected chi connectivity index (χ3v) is 4.09. The number of hydrogen-bond donors (Lipinski definition) is 2. The zero-order valence-corrected chi connectivity index (χ0v) is 15.3. The Hall–Kier alpha value is -3.09. The highest BCUT2D eigenvalue weighted by atomic mass is 16.5. The molecule has 2 N–H and O–H groups in total. The zero-order chi connectivity index (χ0) is 19.3. The monoisotopic (exact) mass is 357 g/mol. The molecular weight excluding hydrogens is 334 g/mol. The van der Waals surface area contributed by atoms with Crippen LogP contribution in [0.15, 0.2) is 36.4 Å². The van der Waals surface area contributed by atoms with Crippen LogP contribution in [0.1, 0.15) is 34.2 Å². The van der Waals surface area contributed by atoms with Gasteiger partial charge in [-0.25, -0.2) is 9.59 Å². The van der Waals surface area contributed by atoms with Crippen LogP contribution >= 0.6 is 0 Å². The third kappa shape index (κ3) is 4.50. The van der Waals surface area contributed by atoms with Crippen molar-refractivity contribution >= 4 is 17.9 Å². The average Bonchev–Trinajstić information content (AvgIpc) is 2.90. The smallest absolute Gasteiger partial charge is 0.340 e. The first-order valence-corrected chi connectivity index (χ1v) is 8.27. The van der Waals surface area contributed by atoms with Gasteiger partial charge in [0.1, 0.15) is 0 Å². The molecule has 0 spiro atoms. The van der Waals surface area contributed by atoms with Crippen molar-refractivity contribution in [2.24, 2.45) is 0 Å². The number of carbonyl (C=O) groups excluding carboxylic acids is 3. The van der Waals surface area contributed by atoms with E-state index in [4.69, 9.17) is 4.74 Å². The quantitative estimate of drug-likeness (QED) is 0.803. The largest absolute Gasteiger partial charge is 0.449 e. The first kappa shape index (κ1) is 19.2. The zero-order valence-electron chi connectivity index (χ0n) is 15.3. The predicted octanol–water partition coefficient (Wildman–Crippen LogP) is 2.15. The molecule has 0 radical (unpaired) electrons. The minimum Gasteiger partial charge on any atom is -0.449 e. The predicted molar refractivity (Wildman–Crippen MR) is 96.9 cm³/mol. The van der Waals surface area contributed by atoms with Gasteiger partial charge < -0.3 is 14.6 Å². The molecule has 0 fully saturated rings. The van der Waals surface area contributed by atoms with Gasteiger partial charge >= 0.3 is 12.0 Å². The molecule has 1 heterocycles. The summed E-state index contributed by atoms with van der Waals surface area (Å²) in [6.07, 6.45) is -1.09. The summed E-state index contributed by atoms with van der Waals surface area (Å²) in [5.74, 6) is -1.28. The lowest BCUT2D eigenvalue weighted by molar-refractivity contribution is -0.127. The minimum atomic E-state index is -1.09. The van der Waals surface area contributed by atoms with Crippen molar-refractivity contribution in [2.45, 2.75) is 33.4 Å². The van der Waals surface area contributed by atoms with E-state index in [-0.39, 0.29) is 0 Å². The average molecular weight is 357 g/mol. The molecule has 0 saturated carbocycles. The van der Waals surface area contributed by atoms with Crippen LogP contribution in [0.4, 0.5) is 4.79 Å². The van der Waals surface area contributed by atoms with Gasteiger partial charge in [0.15, 0.2) is 6.10 Å². The highest BCUT2D eigenvalue weighted by molar-refractivity contribution is 5.98. The molecule has 1 aromatic carbocycles. The summed E-state index contributed by atoms with van der Waals surface area (Å²) in [6, 6.07) is 11.0. The van der Waals surface area contributed by atoms with Crippen LogP contribution in [0.25, 0.3) is 0 Å². The van der Waals surface area contributed by atoms with Gasteiger partial charge in [0.25, 0.3) is 5.91 Å². The Labute approximate surface area is 152 Å². The number of benzene rings is 1. The lowest BCUT2D eigenvalue weighted by Gasteiger charge is -2.13. The standard InChI is InChI=1S/C19H23N3O4/c1-12-10-16(13(2)22(12)11-15-8-6-5-7-9-15)18(24)26-14(3)17(23)21-19(25)20-4/h5-10,14H,11H2,1-4H3,(H2,20,21,23,25)/t14-/m0/s1. The highest BCUT2D eigenvalue weighted by Gasteiger charge is 2.23. The molecule has 2 aromatic rings. The Morgan fingerprint density at radius 2 is 1.81 bits per heavy atom. The fourth-order valence-electron chi connectivity index (χ4n) is 2.57. The number of ether oxygens (including phenoxy) is 1. The van der Waals surface area contributed by atoms with E-state index >= 15 is 0 Å². The fraction of sp³-hybridized carbons (Fsp3) is 0.316. The van der Waals surface area contributed by atoms with Gasteiger partial charge in [-0.15, -0.1) is 0 Å². The number of hydrogen-bond acceptors (Lipinski definition) is 4. The topological polar surface area (TPSA) is 89.4 Å². The molecule has 26 heavy (non-hydrogen) atoms. The van der Waals surface area contributed by atoms with Crippen LogP contribution in [0.2, 0.25) is 0 Å². The summed E-state index contributed by atoms with van der Waals surface area (Å²) in [5, 5.41) is 4.34. The van der Waals surface area contributed by atoms with Gasteiger partial charge in [-0.05, 0) is 32.4 Å². The summed E-state index contributed by atoms with van der Waals surface area (Å²) in [6.45, 7) is 5.80. The minimum absolute atomic E-state index is 0.401. The van der Waals surface area contributed by atoms with Gasteiger partial charge in [0.05, 0.1) is 5.56 Å². The molecule has 0 bridgehead atoms. The third-order valence-electron chi connectivity index (χ3n) is 4.09. The van der Waals surface area contributed by atoms with Crippen molar-refractivity contribution < 1.29 is 19.1 Å². The SMILES string of the molecule is CNC(=O)NC(=O)[C@H](C)OC(=O)c1cc(C)n(Cc2ccccc2)c1C. The summed E-state index contributed by atoms with van der Waals surface area (Å²) in [5.41, 5.74) is 3.20. The van der Waals surface area contributed by atoms with Crippen molar-refractivity contribution in [1.29, 1.82) is 0 Å². The molecule has 0 unspecified atom stereocenters. The van der Waals surface area contributed by atoms with E-state index in [0.29, 0.717) is 12.1 Å². The Balaban J connectivity index is 2.11. The number of aromatic nitrogens is 1. The Kier molecular flexibility index (Phi) is 6.16. The second kappa shape index (κ2) is 8.33. The number of carbonyl (C=O) groups is 3. The van der Waals surface area contributed by atoms with E-state index in [1.807, 2.05) is 48.7 Å². The number of nitrogens with zero attached hydrogens (tertiary/aromatic N) is 1. The molecule has 0 aliphatic heterocycles. The van der Waals surface area contributed by atoms with Crippen LogP contribution in [-0.2, 0) is 16.1 Å². The van der Waals surface area contributed by atoms with Crippen LogP contribution in [0.3, 0.4) is 0 Å². The van der Waals surface area contributed by atoms with E-state index in [1.165, 1.54) is 14.0 Å². The number of urea groups is 1. The first-order chi connectivity index (χ1) is 12.3. The van der Waals surface area contributed by atoms with Crippen LogP contribution in [0, 0.1) is 13.8 Å². The van der Waals surface area contributed by atoms with Crippen molar-refractivity contribution in [3.8, 4) is 0 Å². The van der Waals surface area contributed by atoms with E-state index in [2.05, 4.69) is 10.6 Å². The normalized spacial score (nSPS) is 11.5. The summed E-state index contributed by atoms with van der Waals surface area (Å²) in [7, 11) is 1.39. The van der Waals surface area contributed by atoms with Crippen LogP contribution < -0.4 is 10.6 Å². The summed E-state index contributed by atoms with van der Waals surface area (Å²) >= 11 is 0. The molecule has 7 nitrogen and oxygen atoms in total. The second-order valence-electron chi connectivity index (χ2n) is 5.97. The molecule has 1 atom stereocenters. The maximum absolute atomic E-state index is 12.4. The number of amides is 3. The summed E-state index contributed by atoms with van der Waals surface area (Å²) < 4.78 is 7.21. The maximum Gasteiger partial charge on any atom is 0.340 e. The Bertz CT molecular complexity index is 812. The number of rotatable bonds is 5. The van der Waals surface area contributed by atoms with Gasteiger partial charge in [-0.2, -0.15) is 0 Å². The molecule has 2 rings (SSSR count). The second-order valence-corrected chi connectivity index (χ2v) is 5.97. The molecule has 3 amide bonds. The first-order valence-electron chi connectivity index (χ1n) is 8.27. The van der Waals surface area contributed by atoms with E-state index < -0.39 is 24.0 Å². The van der Waals surface area contributed by atoms with Crippen LogP contribution in [0.5, 0.6) is 0 Å². The molecule has 0 aliphatic rings. The highest BCUT2D eigenvalue weighted by Crippen LogP contribution is 2.18.